The predicted octanol–water partition coefficient (Wildman–Crippen LogP) is -1.78. The number of aromatic nitrogens is 2. The maximum Gasteiger partial charge on any atom is 0.451 e. The van der Waals surface area contributed by atoms with E-state index in [1.165, 1.54) is 11.1 Å². The van der Waals surface area contributed by atoms with Crippen LogP contribution in [0.3, 0.4) is 0 Å². The van der Waals surface area contributed by atoms with Crippen LogP contribution in [0.5, 0.6) is 0 Å². The van der Waals surface area contributed by atoms with Crippen molar-refractivity contribution in [1.82, 2.24) is 9.97 Å². The van der Waals surface area contributed by atoms with Gasteiger partial charge < -0.3 is 36.1 Å². The monoisotopic (exact) mass is 377 g/mol. The van der Waals surface area contributed by atoms with Crippen molar-refractivity contribution in [2.45, 2.75) is 24.7 Å². The molecule has 1 fully saturated rings. The highest BCUT2D eigenvalue weighted by molar-refractivity contribution is 6.40. The topological polar surface area (TPSA) is 182 Å². The van der Waals surface area contributed by atoms with Gasteiger partial charge in [0.25, 0.3) is 10.9 Å². The Kier molecular flexibility index (Phi) is 5.04. The molecule has 1 aliphatic heterocycles. The first kappa shape index (κ1) is 19.1. The van der Waals surface area contributed by atoms with Gasteiger partial charge in [-0.3, -0.25) is 14.4 Å². The summed E-state index contributed by atoms with van der Waals surface area (Å²) in [6, 6.07) is 0. The molecule has 12 heteroatoms. The Morgan fingerprint density at radius 1 is 1.44 bits per heavy atom. The van der Waals surface area contributed by atoms with Crippen LogP contribution >= 0.6 is 0 Å². The third-order valence-electron chi connectivity index (χ3n) is 4.98. The van der Waals surface area contributed by atoms with E-state index in [-0.39, 0.29) is 36.7 Å². The van der Waals surface area contributed by atoms with Crippen LogP contribution in [0.2, 0.25) is 6.32 Å². The first-order chi connectivity index (χ1) is 12.7. The summed E-state index contributed by atoms with van der Waals surface area (Å²) in [6.07, 6.45) is 3.82. The Bertz CT molecular complexity index is 893. The van der Waals surface area contributed by atoms with Gasteiger partial charge in [0.05, 0.1) is 0 Å². The van der Waals surface area contributed by atoms with E-state index in [9.17, 15) is 19.5 Å². The molecule has 7 N–H and O–H groups in total. The SMILES string of the molecule is N[C@@]1(C(=O)O)CN(c2c(Nc3ncc[nH]3)c(=O)c2=O)C[C@@H]1CCCB(O)O. The average Bonchev–Trinajstić information content (AvgIpc) is 3.23. The summed E-state index contributed by atoms with van der Waals surface area (Å²) in [5.41, 5.74) is 3.24. The Morgan fingerprint density at radius 2 is 2.19 bits per heavy atom. The van der Waals surface area contributed by atoms with Gasteiger partial charge in [0, 0.05) is 31.4 Å². The van der Waals surface area contributed by atoms with Crippen molar-refractivity contribution in [2.75, 3.05) is 23.3 Å². The summed E-state index contributed by atoms with van der Waals surface area (Å²) < 4.78 is 0. The second-order valence-corrected chi connectivity index (χ2v) is 6.78. The van der Waals surface area contributed by atoms with E-state index in [4.69, 9.17) is 15.8 Å². The Labute approximate surface area is 153 Å². The van der Waals surface area contributed by atoms with Crippen LogP contribution in [0.15, 0.2) is 22.0 Å². The van der Waals surface area contributed by atoms with E-state index in [0.29, 0.717) is 12.8 Å². The molecule has 0 bridgehead atoms. The van der Waals surface area contributed by atoms with Gasteiger partial charge in [-0.2, -0.15) is 0 Å². The van der Waals surface area contributed by atoms with Crippen molar-refractivity contribution in [3.05, 3.63) is 32.8 Å². The van der Waals surface area contributed by atoms with Crippen molar-refractivity contribution < 1.29 is 19.9 Å². The highest BCUT2D eigenvalue weighted by atomic mass is 16.4. The average molecular weight is 377 g/mol. The standard InChI is InChI=1S/C15H20BN5O6/c17-15(13(24)25)7-21(6-8(15)2-1-3-16(26)27)10-9(11(22)12(10)23)20-14-18-4-5-19-14/h4-5,8,26-27H,1-3,6-7,17H2,(H,24,25)(H2,18,19,20)/t8-,15-/m0/s1. The zero-order chi connectivity index (χ0) is 19.8. The molecule has 0 saturated carbocycles. The zero-order valence-corrected chi connectivity index (χ0v) is 14.4. The second kappa shape index (κ2) is 7.14. The molecule has 11 nitrogen and oxygen atoms in total. The van der Waals surface area contributed by atoms with Crippen LogP contribution in [-0.4, -0.2) is 56.8 Å². The van der Waals surface area contributed by atoms with Gasteiger partial charge >= 0.3 is 13.1 Å². The van der Waals surface area contributed by atoms with Gasteiger partial charge in [-0.15, -0.1) is 0 Å². The first-order valence-corrected chi connectivity index (χ1v) is 8.47. The highest BCUT2D eigenvalue weighted by Crippen LogP contribution is 2.35. The number of imidazole rings is 1. The van der Waals surface area contributed by atoms with E-state index >= 15 is 0 Å². The molecule has 1 aromatic heterocycles. The van der Waals surface area contributed by atoms with Crippen LogP contribution in [0.25, 0.3) is 0 Å². The van der Waals surface area contributed by atoms with Gasteiger partial charge in [-0.1, -0.05) is 6.42 Å². The molecule has 0 aliphatic carbocycles. The predicted molar refractivity (Wildman–Crippen MR) is 97.7 cm³/mol. The van der Waals surface area contributed by atoms with E-state index < -0.39 is 35.4 Å². The summed E-state index contributed by atoms with van der Waals surface area (Å²) in [7, 11) is -1.47. The van der Waals surface area contributed by atoms with Crippen LogP contribution < -0.4 is 26.8 Å². The van der Waals surface area contributed by atoms with Crippen LogP contribution in [0, 0.1) is 5.92 Å². The van der Waals surface area contributed by atoms with Crippen LogP contribution in [0.4, 0.5) is 17.3 Å². The van der Waals surface area contributed by atoms with Gasteiger partial charge in [-0.25, -0.2) is 4.98 Å². The summed E-state index contributed by atoms with van der Waals surface area (Å²) in [5.74, 6) is -1.44. The number of nitrogens with zero attached hydrogens (tertiary/aromatic N) is 2. The molecule has 1 aromatic carbocycles. The van der Waals surface area contributed by atoms with Crippen molar-refractivity contribution >= 4 is 30.4 Å². The quantitative estimate of drug-likeness (QED) is 0.227. The number of aliphatic carboxylic acids is 1. The molecule has 0 unspecified atom stereocenters. The number of hydrogen-bond donors (Lipinski definition) is 6. The maximum absolute atomic E-state index is 12.1. The van der Waals surface area contributed by atoms with E-state index in [0.717, 1.165) is 0 Å². The molecule has 144 valence electrons. The Hall–Kier alpha value is -2.70. The fourth-order valence-electron chi connectivity index (χ4n) is 3.50. The lowest BCUT2D eigenvalue weighted by Gasteiger charge is -2.25. The van der Waals surface area contributed by atoms with E-state index in [1.807, 2.05) is 0 Å². The summed E-state index contributed by atoms with van der Waals surface area (Å²) >= 11 is 0. The normalized spacial score (nSPS) is 22.3. The van der Waals surface area contributed by atoms with Crippen molar-refractivity contribution in [3.8, 4) is 0 Å². The second-order valence-electron chi connectivity index (χ2n) is 6.78. The molecule has 3 rings (SSSR count). The minimum absolute atomic E-state index is 0.0501. The van der Waals surface area contributed by atoms with Crippen molar-refractivity contribution in [3.63, 3.8) is 0 Å². The Morgan fingerprint density at radius 3 is 2.78 bits per heavy atom. The number of carboxylic acids is 1. The largest absolute Gasteiger partial charge is 0.480 e. The van der Waals surface area contributed by atoms with E-state index in [2.05, 4.69) is 15.3 Å². The lowest BCUT2D eigenvalue weighted by Crippen LogP contribution is -2.55. The summed E-state index contributed by atoms with van der Waals surface area (Å²) in [4.78, 5) is 44.0. The third kappa shape index (κ3) is 3.46. The fraction of sp³-hybridized carbons (Fsp3) is 0.467. The molecule has 0 spiro atoms. The number of carbonyl (C=O) groups is 1. The lowest BCUT2D eigenvalue weighted by atomic mass is 9.78. The number of hydrogen-bond acceptors (Lipinski definition) is 9. The molecule has 2 heterocycles. The minimum Gasteiger partial charge on any atom is -0.480 e. The number of H-pyrrole nitrogens is 1. The van der Waals surface area contributed by atoms with Gasteiger partial charge in [0.2, 0.25) is 5.95 Å². The molecule has 2 aromatic rings. The number of aromatic amines is 1. The van der Waals surface area contributed by atoms with E-state index in [1.54, 1.807) is 6.20 Å². The third-order valence-corrected chi connectivity index (χ3v) is 4.98. The number of carboxylic acid groups (broad SMARTS) is 1. The van der Waals surface area contributed by atoms with Gasteiger partial charge in [-0.05, 0) is 12.7 Å². The number of nitrogens with two attached hydrogens (primary N) is 1. The molecular formula is C15H20BN5O6. The number of anilines is 3. The fourth-order valence-corrected chi connectivity index (χ4v) is 3.50. The molecule has 1 aliphatic rings. The van der Waals surface area contributed by atoms with Gasteiger partial charge in [0.1, 0.15) is 16.9 Å². The molecule has 0 amide bonds. The van der Waals surface area contributed by atoms with Crippen molar-refractivity contribution in [1.29, 1.82) is 0 Å². The molecule has 2 atom stereocenters. The maximum atomic E-state index is 12.1. The smallest absolute Gasteiger partial charge is 0.451 e. The van der Waals surface area contributed by atoms with Gasteiger partial charge in [0.15, 0.2) is 0 Å². The highest BCUT2D eigenvalue weighted by Gasteiger charge is 2.50. The molecular weight excluding hydrogens is 357 g/mol. The molecule has 27 heavy (non-hydrogen) atoms. The summed E-state index contributed by atoms with van der Waals surface area (Å²) in [5, 5.41) is 30.3. The first-order valence-electron chi connectivity index (χ1n) is 8.47. The summed E-state index contributed by atoms with van der Waals surface area (Å²) in [6.45, 7) is 0.0361. The zero-order valence-electron chi connectivity index (χ0n) is 14.4. The Balaban J connectivity index is 1.82. The van der Waals surface area contributed by atoms with Crippen LogP contribution in [0.1, 0.15) is 12.8 Å². The molecule has 1 saturated heterocycles. The molecule has 0 radical (unpaired) electrons. The lowest BCUT2D eigenvalue weighted by molar-refractivity contribution is -0.144. The van der Waals surface area contributed by atoms with Crippen molar-refractivity contribution in [2.24, 2.45) is 11.7 Å². The van der Waals surface area contributed by atoms with Crippen LogP contribution in [-0.2, 0) is 4.79 Å². The number of nitrogens with one attached hydrogen (secondary N) is 2. The number of rotatable bonds is 8. The minimum atomic E-state index is -1.61.